The first-order valence-electron chi connectivity index (χ1n) is 3.04. The van der Waals surface area contributed by atoms with Gasteiger partial charge in [-0.3, -0.25) is 0 Å². The van der Waals surface area contributed by atoms with Crippen LogP contribution in [-0.4, -0.2) is 25.3 Å². The van der Waals surface area contributed by atoms with Crippen LogP contribution < -0.4 is 11.5 Å². The molecule has 0 atom stereocenters. The lowest BCUT2D eigenvalue weighted by Gasteiger charge is -2.20. The van der Waals surface area contributed by atoms with Crippen LogP contribution in [-0.2, 0) is 9.78 Å². The highest BCUT2D eigenvalue weighted by atomic mass is 17.2. The van der Waals surface area contributed by atoms with Crippen molar-refractivity contribution in [1.29, 1.82) is 0 Å². The van der Waals surface area contributed by atoms with Crippen molar-refractivity contribution in [3.63, 3.8) is 0 Å². The highest BCUT2D eigenvalue weighted by Gasteiger charge is 2.34. The van der Waals surface area contributed by atoms with E-state index in [9.17, 15) is 0 Å². The lowest BCUT2D eigenvalue weighted by molar-refractivity contribution is -0.303. The van der Waals surface area contributed by atoms with Gasteiger partial charge in [-0.1, -0.05) is 0 Å². The average Bonchev–Trinajstić information content (AvgIpc) is 2.36. The highest BCUT2D eigenvalue weighted by molar-refractivity contribution is 4.83. The molecule has 1 aliphatic rings. The summed E-state index contributed by atoms with van der Waals surface area (Å²) in [5.41, 5.74) is 10.4. The van der Waals surface area contributed by atoms with Crippen LogP contribution in [0.1, 0.15) is 6.42 Å². The number of nitrogens with two attached hydrogens (primary N) is 2. The van der Waals surface area contributed by atoms with Gasteiger partial charge in [0.15, 0.2) is 0 Å². The Morgan fingerprint density at radius 1 is 1.33 bits per heavy atom. The fourth-order valence-electron chi connectivity index (χ4n) is 0.792. The summed E-state index contributed by atoms with van der Waals surface area (Å²) < 4.78 is 0. The first kappa shape index (κ1) is 6.95. The molecule has 0 spiro atoms. The average molecular weight is 132 g/mol. The number of rotatable bonds is 2. The summed E-state index contributed by atoms with van der Waals surface area (Å²) >= 11 is 0. The highest BCUT2D eigenvalue weighted by Crippen LogP contribution is 2.19. The SMILES string of the molecule is NCC1(CN)CCOO1. The van der Waals surface area contributed by atoms with Crippen LogP contribution in [0.4, 0.5) is 0 Å². The standard InChI is InChI=1S/C5H12N2O2/c6-3-5(4-7)1-2-8-9-5/h1-4,6-7H2. The van der Waals surface area contributed by atoms with Crippen molar-refractivity contribution < 1.29 is 9.78 Å². The predicted molar refractivity (Wildman–Crippen MR) is 32.5 cm³/mol. The Morgan fingerprint density at radius 2 is 2.00 bits per heavy atom. The molecule has 0 unspecified atom stereocenters. The Hall–Kier alpha value is -0.160. The minimum Gasteiger partial charge on any atom is -0.328 e. The summed E-state index contributed by atoms with van der Waals surface area (Å²) in [5, 5.41) is 0. The quantitative estimate of drug-likeness (QED) is 0.472. The van der Waals surface area contributed by atoms with Crippen molar-refractivity contribution in [2.45, 2.75) is 12.0 Å². The van der Waals surface area contributed by atoms with Gasteiger partial charge in [-0.05, 0) is 0 Å². The molecular weight excluding hydrogens is 120 g/mol. The fourth-order valence-corrected chi connectivity index (χ4v) is 0.792. The van der Waals surface area contributed by atoms with Gasteiger partial charge in [0.1, 0.15) is 5.60 Å². The van der Waals surface area contributed by atoms with E-state index in [1.54, 1.807) is 0 Å². The van der Waals surface area contributed by atoms with Gasteiger partial charge in [0.25, 0.3) is 0 Å². The third-order valence-electron chi connectivity index (χ3n) is 1.62. The number of hydrogen-bond acceptors (Lipinski definition) is 4. The summed E-state index contributed by atoms with van der Waals surface area (Å²) in [5.74, 6) is 0. The van der Waals surface area contributed by atoms with Crippen molar-refractivity contribution in [1.82, 2.24) is 0 Å². The maximum absolute atomic E-state index is 5.39. The molecule has 0 bridgehead atoms. The molecule has 1 saturated heterocycles. The third kappa shape index (κ3) is 1.21. The zero-order valence-electron chi connectivity index (χ0n) is 5.30. The molecule has 1 fully saturated rings. The largest absolute Gasteiger partial charge is 0.328 e. The second kappa shape index (κ2) is 2.62. The van der Waals surface area contributed by atoms with E-state index in [1.165, 1.54) is 0 Å². The summed E-state index contributed by atoms with van der Waals surface area (Å²) in [4.78, 5) is 9.57. The Balaban J connectivity index is 2.45. The van der Waals surface area contributed by atoms with E-state index in [0.29, 0.717) is 19.7 Å². The summed E-state index contributed by atoms with van der Waals surface area (Å²) in [6, 6.07) is 0. The molecule has 4 N–H and O–H groups in total. The van der Waals surface area contributed by atoms with Crippen molar-refractivity contribution in [2.24, 2.45) is 11.5 Å². The summed E-state index contributed by atoms with van der Waals surface area (Å²) in [7, 11) is 0. The van der Waals surface area contributed by atoms with Crippen LogP contribution in [0.5, 0.6) is 0 Å². The molecule has 1 aliphatic heterocycles. The van der Waals surface area contributed by atoms with Crippen molar-refractivity contribution in [3.8, 4) is 0 Å². The van der Waals surface area contributed by atoms with Gasteiger partial charge in [-0.15, -0.1) is 0 Å². The second-order valence-electron chi connectivity index (χ2n) is 2.25. The predicted octanol–water partition coefficient (Wildman–Crippen LogP) is -1.01. The topological polar surface area (TPSA) is 70.5 Å². The van der Waals surface area contributed by atoms with E-state index < -0.39 is 0 Å². The summed E-state index contributed by atoms with van der Waals surface area (Å²) in [6.45, 7) is 1.47. The van der Waals surface area contributed by atoms with Gasteiger partial charge in [0.2, 0.25) is 0 Å². The van der Waals surface area contributed by atoms with Gasteiger partial charge < -0.3 is 11.5 Å². The molecule has 1 rings (SSSR count). The summed E-state index contributed by atoms with van der Waals surface area (Å²) in [6.07, 6.45) is 0.806. The van der Waals surface area contributed by atoms with E-state index in [4.69, 9.17) is 16.4 Å². The molecule has 54 valence electrons. The molecule has 0 aromatic carbocycles. The molecule has 0 saturated carbocycles. The maximum Gasteiger partial charge on any atom is 0.130 e. The van der Waals surface area contributed by atoms with E-state index in [0.717, 1.165) is 6.42 Å². The van der Waals surface area contributed by atoms with E-state index in [1.807, 2.05) is 0 Å². The van der Waals surface area contributed by atoms with E-state index in [-0.39, 0.29) is 5.60 Å². The van der Waals surface area contributed by atoms with Crippen LogP contribution >= 0.6 is 0 Å². The zero-order valence-corrected chi connectivity index (χ0v) is 5.30. The van der Waals surface area contributed by atoms with Gasteiger partial charge in [0.05, 0.1) is 6.61 Å². The Morgan fingerprint density at radius 3 is 2.22 bits per heavy atom. The van der Waals surface area contributed by atoms with Crippen molar-refractivity contribution in [3.05, 3.63) is 0 Å². The van der Waals surface area contributed by atoms with Crippen LogP contribution in [0.15, 0.2) is 0 Å². The molecule has 0 aromatic heterocycles. The normalized spacial score (nSPS) is 24.7. The van der Waals surface area contributed by atoms with Gasteiger partial charge >= 0.3 is 0 Å². The Labute approximate surface area is 54.0 Å². The minimum atomic E-state index is -0.389. The molecule has 0 aromatic rings. The zero-order chi connectivity index (χ0) is 6.74. The molecule has 0 amide bonds. The van der Waals surface area contributed by atoms with Crippen LogP contribution in [0, 0.1) is 0 Å². The second-order valence-corrected chi connectivity index (χ2v) is 2.25. The van der Waals surface area contributed by atoms with Gasteiger partial charge in [0, 0.05) is 19.5 Å². The van der Waals surface area contributed by atoms with Crippen LogP contribution in [0.25, 0.3) is 0 Å². The smallest absolute Gasteiger partial charge is 0.130 e. The first-order chi connectivity index (χ1) is 4.33. The lowest BCUT2D eigenvalue weighted by Crippen LogP contribution is -2.44. The van der Waals surface area contributed by atoms with Crippen molar-refractivity contribution >= 4 is 0 Å². The molecule has 0 radical (unpaired) electrons. The minimum absolute atomic E-state index is 0.389. The van der Waals surface area contributed by atoms with E-state index in [2.05, 4.69) is 4.89 Å². The van der Waals surface area contributed by atoms with E-state index >= 15 is 0 Å². The monoisotopic (exact) mass is 132 g/mol. The van der Waals surface area contributed by atoms with Gasteiger partial charge in [-0.2, -0.15) is 0 Å². The lowest BCUT2D eigenvalue weighted by atomic mass is 10.0. The maximum atomic E-state index is 5.39. The molecule has 4 heteroatoms. The van der Waals surface area contributed by atoms with Crippen molar-refractivity contribution in [2.75, 3.05) is 19.7 Å². The molecule has 0 aliphatic carbocycles. The van der Waals surface area contributed by atoms with Crippen LogP contribution in [0.3, 0.4) is 0 Å². The first-order valence-corrected chi connectivity index (χ1v) is 3.04. The van der Waals surface area contributed by atoms with Crippen LogP contribution in [0.2, 0.25) is 0 Å². The fraction of sp³-hybridized carbons (Fsp3) is 1.00. The van der Waals surface area contributed by atoms with Gasteiger partial charge in [-0.25, -0.2) is 9.78 Å². The Bertz CT molecular complexity index is 85.0. The molecule has 4 nitrogen and oxygen atoms in total. The molecule has 9 heavy (non-hydrogen) atoms. The molecular formula is C5H12N2O2. The molecule has 1 heterocycles. The third-order valence-corrected chi connectivity index (χ3v) is 1.62. The number of hydrogen-bond donors (Lipinski definition) is 2. The Kier molecular flexibility index (Phi) is 2.02.